The lowest BCUT2D eigenvalue weighted by atomic mass is 10.2. The first-order valence-corrected chi connectivity index (χ1v) is 9.51. The molecular weight excluding hydrogens is 352 g/mol. The number of esters is 1. The van der Waals surface area contributed by atoms with Gasteiger partial charge in [-0.15, -0.1) is 0 Å². The topological polar surface area (TPSA) is 50.4 Å². The van der Waals surface area contributed by atoms with Gasteiger partial charge in [-0.25, -0.2) is 4.79 Å². The summed E-state index contributed by atoms with van der Waals surface area (Å²) in [5.41, 5.74) is 3.87. The number of anilines is 1. The zero-order valence-corrected chi connectivity index (χ0v) is 16.0. The van der Waals surface area contributed by atoms with E-state index in [2.05, 4.69) is 41.8 Å². The van der Waals surface area contributed by atoms with Crippen LogP contribution >= 0.6 is 24.0 Å². The normalized spacial score (nSPS) is 10.2. The van der Waals surface area contributed by atoms with Crippen molar-refractivity contribution in [2.75, 3.05) is 24.7 Å². The highest BCUT2D eigenvalue weighted by molar-refractivity contribution is 7.98. The predicted octanol–water partition coefficient (Wildman–Crippen LogP) is 4.00. The summed E-state index contributed by atoms with van der Waals surface area (Å²) in [4.78, 5) is 11.5. The van der Waals surface area contributed by atoms with Gasteiger partial charge < -0.3 is 15.4 Å². The van der Waals surface area contributed by atoms with E-state index in [1.165, 1.54) is 18.2 Å². The maximum atomic E-state index is 11.5. The van der Waals surface area contributed by atoms with Crippen LogP contribution in [0.25, 0.3) is 0 Å². The summed E-state index contributed by atoms with van der Waals surface area (Å²) in [5, 5.41) is 6.80. The van der Waals surface area contributed by atoms with E-state index in [-0.39, 0.29) is 5.97 Å². The van der Waals surface area contributed by atoms with Crippen LogP contribution < -0.4 is 10.6 Å². The SMILES string of the molecule is COC(=O)c1cccc(NC(=S)NCCSCc2cccc(C)c2)c1. The molecule has 0 aromatic heterocycles. The van der Waals surface area contributed by atoms with Crippen LogP contribution in [0.4, 0.5) is 5.69 Å². The van der Waals surface area contributed by atoms with Gasteiger partial charge in [-0.1, -0.05) is 35.9 Å². The predicted molar refractivity (Wildman–Crippen MR) is 109 cm³/mol. The van der Waals surface area contributed by atoms with Gasteiger partial charge in [0.1, 0.15) is 0 Å². The fraction of sp³-hybridized carbons (Fsp3) is 0.263. The summed E-state index contributed by atoms with van der Waals surface area (Å²) in [5.74, 6) is 1.58. The Morgan fingerprint density at radius 1 is 1.20 bits per heavy atom. The molecule has 2 rings (SSSR count). The quantitative estimate of drug-likeness (QED) is 0.434. The lowest BCUT2D eigenvalue weighted by Gasteiger charge is -2.11. The average Bonchev–Trinajstić information content (AvgIpc) is 2.61. The third kappa shape index (κ3) is 6.76. The molecule has 0 saturated heterocycles. The Labute approximate surface area is 158 Å². The standard InChI is InChI=1S/C19H22N2O2S2/c1-14-5-3-6-15(11-14)13-25-10-9-20-19(24)21-17-8-4-7-16(12-17)18(22)23-2/h3-8,11-12H,9-10,13H2,1-2H3,(H2,20,21,24). The molecule has 132 valence electrons. The molecule has 25 heavy (non-hydrogen) atoms. The highest BCUT2D eigenvalue weighted by Crippen LogP contribution is 2.13. The van der Waals surface area contributed by atoms with Gasteiger partial charge in [0.25, 0.3) is 0 Å². The monoisotopic (exact) mass is 374 g/mol. The van der Waals surface area contributed by atoms with Crippen molar-refractivity contribution in [3.05, 3.63) is 65.2 Å². The molecule has 0 aliphatic rings. The van der Waals surface area contributed by atoms with Crippen molar-refractivity contribution in [2.45, 2.75) is 12.7 Å². The second-order valence-electron chi connectivity index (χ2n) is 5.49. The second kappa shape index (κ2) is 10.1. The Kier molecular flexibility index (Phi) is 7.76. The molecular formula is C19H22N2O2S2. The number of thiocarbonyl (C=S) groups is 1. The van der Waals surface area contributed by atoms with Gasteiger partial charge in [0.15, 0.2) is 5.11 Å². The summed E-state index contributed by atoms with van der Waals surface area (Å²) in [6, 6.07) is 15.6. The molecule has 0 bridgehead atoms. The number of nitrogens with one attached hydrogen (secondary N) is 2. The molecule has 0 fully saturated rings. The van der Waals surface area contributed by atoms with Crippen molar-refractivity contribution >= 4 is 40.7 Å². The van der Waals surface area contributed by atoms with Gasteiger partial charge in [0.05, 0.1) is 12.7 Å². The number of hydrogen-bond acceptors (Lipinski definition) is 4. The third-order valence-corrected chi connectivity index (χ3v) is 4.70. The average molecular weight is 375 g/mol. The largest absolute Gasteiger partial charge is 0.465 e. The molecule has 0 saturated carbocycles. The molecule has 0 radical (unpaired) electrons. The number of hydrogen-bond donors (Lipinski definition) is 2. The van der Waals surface area contributed by atoms with Crippen LogP contribution in [0.5, 0.6) is 0 Å². The van der Waals surface area contributed by atoms with Crippen LogP contribution in [0.1, 0.15) is 21.5 Å². The van der Waals surface area contributed by atoms with Gasteiger partial charge in [-0.3, -0.25) is 0 Å². The van der Waals surface area contributed by atoms with E-state index in [0.29, 0.717) is 10.7 Å². The Morgan fingerprint density at radius 2 is 2.00 bits per heavy atom. The summed E-state index contributed by atoms with van der Waals surface area (Å²) in [7, 11) is 1.36. The molecule has 0 aliphatic heterocycles. The van der Waals surface area contributed by atoms with Crippen LogP contribution in [0.15, 0.2) is 48.5 Å². The van der Waals surface area contributed by atoms with Crippen molar-refractivity contribution in [2.24, 2.45) is 0 Å². The number of carbonyl (C=O) groups is 1. The molecule has 0 amide bonds. The number of aryl methyl sites for hydroxylation is 1. The fourth-order valence-electron chi connectivity index (χ4n) is 2.25. The summed E-state index contributed by atoms with van der Waals surface area (Å²) in [6.45, 7) is 2.88. The highest BCUT2D eigenvalue weighted by atomic mass is 32.2. The number of methoxy groups -OCH3 is 1. The first kappa shape index (κ1) is 19.3. The first-order chi connectivity index (χ1) is 12.1. The van der Waals surface area contributed by atoms with E-state index in [9.17, 15) is 4.79 Å². The minimum absolute atomic E-state index is 0.366. The Hall–Kier alpha value is -2.05. The Morgan fingerprint density at radius 3 is 2.76 bits per heavy atom. The van der Waals surface area contributed by atoms with Crippen LogP contribution in [0.2, 0.25) is 0 Å². The molecule has 0 aliphatic carbocycles. The van der Waals surface area contributed by atoms with Crippen molar-refractivity contribution < 1.29 is 9.53 Å². The molecule has 0 unspecified atom stereocenters. The van der Waals surface area contributed by atoms with E-state index in [0.717, 1.165) is 23.7 Å². The molecule has 2 aromatic rings. The molecule has 2 aromatic carbocycles. The molecule has 4 nitrogen and oxygen atoms in total. The maximum Gasteiger partial charge on any atom is 0.337 e. The van der Waals surface area contributed by atoms with Gasteiger partial charge in [0.2, 0.25) is 0 Å². The van der Waals surface area contributed by atoms with Gasteiger partial charge >= 0.3 is 5.97 Å². The second-order valence-corrected chi connectivity index (χ2v) is 7.01. The Balaban J connectivity index is 1.69. The van der Waals surface area contributed by atoms with Crippen molar-refractivity contribution in [1.82, 2.24) is 5.32 Å². The van der Waals surface area contributed by atoms with E-state index in [1.54, 1.807) is 18.2 Å². The highest BCUT2D eigenvalue weighted by Gasteiger charge is 2.06. The van der Waals surface area contributed by atoms with E-state index in [1.807, 2.05) is 17.8 Å². The summed E-state index contributed by atoms with van der Waals surface area (Å²) >= 11 is 7.15. The first-order valence-electron chi connectivity index (χ1n) is 7.95. The lowest BCUT2D eigenvalue weighted by molar-refractivity contribution is 0.0601. The summed E-state index contributed by atoms with van der Waals surface area (Å²) < 4.78 is 4.71. The number of carbonyl (C=O) groups excluding carboxylic acids is 1. The molecule has 0 atom stereocenters. The van der Waals surface area contributed by atoms with E-state index >= 15 is 0 Å². The molecule has 0 heterocycles. The van der Waals surface area contributed by atoms with Gasteiger partial charge in [-0.2, -0.15) is 11.8 Å². The van der Waals surface area contributed by atoms with Crippen LogP contribution in [0, 0.1) is 6.92 Å². The molecule has 0 spiro atoms. The maximum absolute atomic E-state index is 11.5. The third-order valence-electron chi connectivity index (χ3n) is 3.42. The smallest absolute Gasteiger partial charge is 0.337 e. The minimum Gasteiger partial charge on any atom is -0.465 e. The molecule has 2 N–H and O–H groups in total. The van der Waals surface area contributed by atoms with Gasteiger partial charge in [-0.05, 0) is 42.9 Å². The van der Waals surface area contributed by atoms with Crippen molar-refractivity contribution in [3.63, 3.8) is 0 Å². The van der Waals surface area contributed by atoms with Crippen LogP contribution in [0.3, 0.4) is 0 Å². The number of rotatable bonds is 7. The summed E-state index contributed by atoms with van der Waals surface area (Å²) in [6.07, 6.45) is 0. The van der Waals surface area contributed by atoms with Crippen molar-refractivity contribution in [1.29, 1.82) is 0 Å². The zero-order chi connectivity index (χ0) is 18.1. The van der Waals surface area contributed by atoms with Crippen molar-refractivity contribution in [3.8, 4) is 0 Å². The molecule has 6 heteroatoms. The Bertz CT molecular complexity index is 735. The fourth-order valence-corrected chi connectivity index (χ4v) is 3.27. The van der Waals surface area contributed by atoms with Gasteiger partial charge in [0, 0.05) is 23.7 Å². The zero-order valence-electron chi connectivity index (χ0n) is 14.4. The lowest BCUT2D eigenvalue weighted by Crippen LogP contribution is -2.30. The minimum atomic E-state index is -0.366. The number of thioether (sulfide) groups is 1. The van der Waals surface area contributed by atoms with Crippen LogP contribution in [-0.4, -0.2) is 30.5 Å². The number of benzene rings is 2. The number of ether oxygens (including phenoxy) is 1. The van der Waals surface area contributed by atoms with E-state index in [4.69, 9.17) is 17.0 Å². The van der Waals surface area contributed by atoms with E-state index < -0.39 is 0 Å². The van der Waals surface area contributed by atoms with Crippen LogP contribution in [-0.2, 0) is 10.5 Å².